The van der Waals surface area contributed by atoms with Gasteiger partial charge in [0, 0.05) is 45.6 Å². The molecular weight excluding hydrogens is 509 g/mol. The molecule has 212 valence electrons. The van der Waals surface area contributed by atoms with Crippen molar-refractivity contribution in [1.82, 2.24) is 4.31 Å². The number of nitrogens with zero attached hydrogens (tertiary/aromatic N) is 1. The molecule has 0 N–H and O–H groups in total. The molecule has 0 amide bonds. The van der Waals surface area contributed by atoms with Crippen LogP contribution < -0.4 is 0 Å². The van der Waals surface area contributed by atoms with Crippen molar-refractivity contribution < 1.29 is 44.6 Å². The van der Waals surface area contributed by atoms with E-state index < -0.39 is 44.9 Å². The van der Waals surface area contributed by atoms with E-state index in [0.717, 1.165) is 0 Å². The van der Waals surface area contributed by atoms with E-state index in [4.69, 9.17) is 9.47 Å². The van der Waals surface area contributed by atoms with E-state index in [1.165, 1.54) is 4.31 Å². The maximum Gasteiger partial charge on any atom is 0.453 e. The van der Waals surface area contributed by atoms with Gasteiger partial charge in [0.25, 0.3) is 0 Å². The van der Waals surface area contributed by atoms with Gasteiger partial charge in [0.1, 0.15) is 5.60 Å². The van der Waals surface area contributed by atoms with Gasteiger partial charge in [-0.1, -0.05) is 33.1 Å². The smallest absolute Gasteiger partial charge is 0.453 e. The molecule has 0 aromatic heterocycles. The number of carbonyl (C=O) groups excluding carboxylic acids is 1. The van der Waals surface area contributed by atoms with Crippen molar-refractivity contribution in [2.24, 2.45) is 11.8 Å². The van der Waals surface area contributed by atoms with Gasteiger partial charge in [-0.25, -0.2) is 12.7 Å². The van der Waals surface area contributed by atoms with Crippen LogP contribution in [0, 0.1) is 11.8 Å². The number of unbranched alkanes of at least 4 members (excludes halogenated alkanes) is 2. The summed E-state index contributed by atoms with van der Waals surface area (Å²) in [5.74, 6) is -5.28. The van der Waals surface area contributed by atoms with Crippen LogP contribution in [0.5, 0.6) is 0 Å². The van der Waals surface area contributed by atoms with Gasteiger partial charge in [0.05, 0.1) is 0 Å². The van der Waals surface area contributed by atoms with Gasteiger partial charge in [-0.2, -0.15) is 22.0 Å². The molecule has 0 atom stereocenters. The van der Waals surface area contributed by atoms with Gasteiger partial charge >= 0.3 is 18.1 Å². The maximum atomic E-state index is 13.7. The van der Waals surface area contributed by atoms with Crippen LogP contribution in [0.2, 0.25) is 0 Å². The van der Waals surface area contributed by atoms with E-state index in [1.54, 1.807) is 13.8 Å². The predicted molar refractivity (Wildman–Crippen MR) is 125 cm³/mol. The molecular formula is C24H40F5NO5S. The lowest BCUT2D eigenvalue weighted by molar-refractivity contribution is -0.284. The third-order valence-electron chi connectivity index (χ3n) is 7.84. The topological polar surface area (TPSA) is 72.9 Å². The van der Waals surface area contributed by atoms with Gasteiger partial charge in [-0.15, -0.1) is 0 Å². The van der Waals surface area contributed by atoms with Gasteiger partial charge < -0.3 is 9.47 Å². The highest BCUT2D eigenvalue weighted by molar-refractivity contribution is 7.91. The van der Waals surface area contributed by atoms with Crippen LogP contribution in [-0.2, 0) is 24.3 Å². The first-order valence-corrected chi connectivity index (χ1v) is 14.2. The number of carbonyl (C=O) groups is 1. The van der Waals surface area contributed by atoms with Gasteiger partial charge in [0.15, 0.2) is 4.75 Å². The minimum Gasteiger partial charge on any atom is -0.458 e. The molecule has 0 aromatic carbocycles. The average molecular weight is 550 g/mol. The Balaban J connectivity index is 1.94. The monoisotopic (exact) mass is 549 g/mol. The standard InChI is InChI=1S/C24H40F5NO5S/c1-18(2)21(3,4)35-20(31)22(12-16-34-17-13-22)36(32,33)30-14-9-19(10-15-30)8-6-5-7-11-23(25,26)24(27,28)29/h18-19H,5-17H2,1-4H3. The van der Waals surface area contributed by atoms with Crippen molar-refractivity contribution in [1.29, 1.82) is 0 Å². The zero-order valence-electron chi connectivity index (χ0n) is 21.6. The minimum atomic E-state index is -5.52. The van der Waals surface area contributed by atoms with Crippen molar-refractivity contribution >= 4 is 16.0 Å². The summed E-state index contributed by atoms with van der Waals surface area (Å²) in [6.45, 7) is 8.03. The Labute approximate surface area is 211 Å². The Morgan fingerprint density at radius 1 is 1.03 bits per heavy atom. The van der Waals surface area contributed by atoms with Crippen LogP contribution in [0.1, 0.15) is 85.5 Å². The summed E-state index contributed by atoms with van der Waals surface area (Å²) in [4.78, 5) is 13.3. The number of hydrogen-bond donors (Lipinski definition) is 0. The first-order chi connectivity index (χ1) is 16.5. The van der Waals surface area contributed by atoms with E-state index in [-0.39, 0.29) is 63.8 Å². The molecule has 2 saturated heterocycles. The van der Waals surface area contributed by atoms with E-state index in [0.29, 0.717) is 25.7 Å². The van der Waals surface area contributed by atoms with Crippen LogP contribution in [0.25, 0.3) is 0 Å². The number of esters is 1. The van der Waals surface area contributed by atoms with Gasteiger partial charge in [-0.3, -0.25) is 4.79 Å². The zero-order chi connectivity index (χ0) is 27.4. The molecule has 0 radical (unpaired) electrons. The Hall–Kier alpha value is -1.01. The summed E-state index contributed by atoms with van der Waals surface area (Å²) in [5.41, 5.74) is -0.838. The zero-order valence-corrected chi connectivity index (χ0v) is 22.5. The fourth-order valence-corrected chi connectivity index (χ4v) is 6.62. The summed E-state index contributed by atoms with van der Waals surface area (Å²) in [5, 5.41) is 0. The third-order valence-corrected chi connectivity index (χ3v) is 10.5. The van der Waals surface area contributed by atoms with Crippen molar-refractivity contribution in [3.05, 3.63) is 0 Å². The largest absolute Gasteiger partial charge is 0.458 e. The highest BCUT2D eigenvalue weighted by Gasteiger charge is 2.57. The van der Waals surface area contributed by atoms with Gasteiger partial charge in [-0.05, 0) is 44.9 Å². The number of alkyl halides is 5. The molecule has 0 aromatic rings. The maximum absolute atomic E-state index is 13.7. The van der Waals surface area contributed by atoms with Crippen LogP contribution in [0.3, 0.4) is 0 Å². The van der Waals surface area contributed by atoms with Crippen molar-refractivity contribution in [3.8, 4) is 0 Å². The van der Waals surface area contributed by atoms with Crippen LogP contribution in [-0.4, -0.2) is 67.4 Å². The SMILES string of the molecule is CC(C)C(C)(C)OC(=O)C1(S(=O)(=O)N2CCC(CCCCCC(F)(F)C(F)(F)F)CC2)CCOCC1. The Kier molecular flexibility index (Phi) is 10.2. The second-order valence-electron chi connectivity index (χ2n) is 10.9. The van der Waals surface area contributed by atoms with E-state index in [9.17, 15) is 35.2 Å². The lowest BCUT2D eigenvalue weighted by Crippen LogP contribution is -2.59. The summed E-state index contributed by atoms with van der Waals surface area (Å²) < 4.78 is 101. The second kappa shape index (κ2) is 11.8. The highest BCUT2D eigenvalue weighted by Crippen LogP contribution is 2.40. The second-order valence-corrected chi connectivity index (χ2v) is 13.2. The Morgan fingerprint density at radius 2 is 1.58 bits per heavy atom. The summed E-state index contributed by atoms with van der Waals surface area (Å²) in [6, 6.07) is 0. The molecule has 0 spiro atoms. The molecule has 2 fully saturated rings. The lowest BCUT2D eigenvalue weighted by atomic mass is 9.92. The average Bonchev–Trinajstić information content (AvgIpc) is 2.78. The van der Waals surface area contributed by atoms with Crippen molar-refractivity contribution in [3.63, 3.8) is 0 Å². The predicted octanol–water partition coefficient (Wildman–Crippen LogP) is 5.70. The Bertz CT molecular complexity index is 830. The number of ether oxygens (including phenoxy) is 2. The fraction of sp³-hybridized carbons (Fsp3) is 0.958. The number of rotatable bonds is 11. The van der Waals surface area contributed by atoms with Crippen LogP contribution >= 0.6 is 0 Å². The molecule has 0 aliphatic carbocycles. The van der Waals surface area contributed by atoms with E-state index in [2.05, 4.69) is 0 Å². The number of halogens is 5. The molecule has 0 unspecified atom stereocenters. The summed E-state index contributed by atoms with van der Waals surface area (Å²) in [7, 11) is -4.04. The molecule has 12 heteroatoms. The molecule has 2 rings (SSSR count). The van der Waals surface area contributed by atoms with E-state index in [1.807, 2.05) is 13.8 Å². The molecule has 0 saturated carbocycles. The van der Waals surface area contributed by atoms with Crippen LogP contribution in [0.15, 0.2) is 0 Å². The first-order valence-electron chi connectivity index (χ1n) is 12.7. The van der Waals surface area contributed by atoms with Gasteiger partial charge in [0.2, 0.25) is 10.0 Å². The van der Waals surface area contributed by atoms with Crippen molar-refractivity contribution in [2.75, 3.05) is 26.3 Å². The first kappa shape index (κ1) is 31.2. The third kappa shape index (κ3) is 7.09. The van der Waals surface area contributed by atoms with E-state index >= 15 is 0 Å². The highest BCUT2D eigenvalue weighted by atomic mass is 32.2. The molecule has 2 aliphatic heterocycles. The minimum absolute atomic E-state index is 0.0171. The summed E-state index contributed by atoms with van der Waals surface area (Å²) in [6.07, 6.45) is -4.46. The molecule has 2 heterocycles. The Morgan fingerprint density at radius 3 is 2.08 bits per heavy atom. The molecule has 2 aliphatic rings. The number of hydrogen-bond acceptors (Lipinski definition) is 5. The quantitative estimate of drug-likeness (QED) is 0.188. The molecule has 6 nitrogen and oxygen atoms in total. The van der Waals surface area contributed by atoms with Crippen LogP contribution in [0.4, 0.5) is 22.0 Å². The molecule has 36 heavy (non-hydrogen) atoms. The normalized spacial score (nSPS) is 21.1. The summed E-state index contributed by atoms with van der Waals surface area (Å²) >= 11 is 0. The van der Waals surface area contributed by atoms with Crippen molar-refractivity contribution in [2.45, 2.75) is 108 Å². The molecule has 0 bridgehead atoms. The number of piperidine rings is 1. The fourth-order valence-electron chi connectivity index (χ4n) is 4.50. The lowest BCUT2D eigenvalue weighted by Gasteiger charge is -2.42. The number of sulfonamides is 1.